The maximum absolute atomic E-state index is 2.56. The molecular weight excluding hydrogens is 457 g/mol. The van der Waals surface area contributed by atoms with Gasteiger partial charge < -0.3 is 4.81 Å². The minimum absolute atomic E-state index is 0.121. The summed E-state index contributed by atoms with van der Waals surface area (Å²) in [6.45, 7) is 0.121. The van der Waals surface area contributed by atoms with Crippen LogP contribution >= 0.6 is 0 Å². The van der Waals surface area contributed by atoms with Crippen LogP contribution in [0.3, 0.4) is 0 Å². The molecule has 2 heteroatoms. The largest absolute Gasteiger partial charge is 0.376 e. The minimum Gasteiger partial charge on any atom is -0.376 e. The Labute approximate surface area is 223 Å². The normalized spacial score (nSPS) is 12.6. The van der Waals surface area contributed by atoms with Crippen molar-refractivity contribution < 1.29 is 0 Å². The van der Waals surface area contributed by atoms with E-state index in [1.54, 1.807) is 0 Å². The Morgan fingerprint density at radius 3 is 1.61 bits per heavy atom. The Bertz CT molecular complexity index is 1690. The molecule has 0 fully saturated rings. The number of hydrogen-bond acceptors (Lipinski definition) is 1. The number of hydrogen-bond donors (Lipinski definition) is 0. The van der Waals surface area contributed by atoms with Gasteiger partial charge in [0.1, 0.15) is 0 Å². The van der Waals surface area contributed by atoms with Gasteiger partial charge in [-0.2, -0.15) is 0 Å². The highest BCUT2D eigenvalue weighted by Crippen LogP contribution is 2.47. The van der Waals surface area contributed by atoms with E-state index in [0.29, 0.717) is 0 Å². The van der Waals surface area contributed by atoms with E-state index >= 15 is 0 Å². The van der Waals surface area contributed by atoms with Crippen LogP contribution in [0.2, 0.25) is 0 Å². The molecule has 0 N–H and O–H groups in total. The molecule has 0 saturated heterocycles. The zero-order valence-electron chi connectivity index (χ0n) is 20.9. The van der Waals surface area contributed by atoms with Gasteiger partial charge in [-0.05, 0) is 68.6 Å². The van der Waals surface area contributed by atoms with Crippen molar-refractivity contribution in [2.24, 2.45) is 0 Å². The molecule has 0 bridgehead atoms. The molecule has 2 heterocycles. The van der Waals surface area contributed by atoms with Crippen molar-refractivity contribution in [3.63, 3.8) is 0 Å². The molecule has 0 aromatic heterocycles. The first-order valence-electron chi connectivity index (χ1n) is 13.2. The molecule has 6 aromatic rings. The van der Waals surface area contributed by atoms with Crippen LogP contribution in [0.25, 0.3) is 44.5 Å². The third kappa shape index (κ3) is 3.14. The molecule has 2 aliphatic rings. The van der Waals surface area contributed by atoms with Crippen LogP contribution in [0, 0.1) is 0 Å². The van der Waals surface area contributed by atoms with E-state index in [9.17, 15) is 0 Å². The van der Waals surface area contributed by atoms with E-state index < -0.39 is 0 Å². The van der Waals surface area contributed by atoms with E-state index in [2.05, 4.69) is 150 Å². The van der Waals surface area contributed by atoms with E-state index in [1.807, 2.05) is 0 Å². The lowest BCUT2D eigenvalue weighted by Gasteiger charge is -2.43. The van der Waals surface area contributed by atoms with E-state index in [0.717, 1.165) is 0 Å². The van der Waals surface area contributed by atoms with Gasteiger partial charge in [-0.15, -0.1) is 0 Å². The molecule has 176 valence electrons. The lowest BCUT2D eigenvalue weighted by molar-refractivity contribution is 1.35. The summed E-state index contributed by atoms with van der Waals surface area (Å²) in [6, 6.07) is 53.2. The average Bonchev–Trinajstić information content (AvgIpc) is 3.01. The fraction of sp³-hybridized carbons (Fsp3) is 0. The highest BCUT2D eigenvalue weighted by atomic mass is 15.1. The molecule has 0 aliphatic carbocycles. The molecular formula is C36H24BN. The van der Waals surface area contributed by atoms with Crippen LogP contribution in [0.1, 0.15) is 0 Å². The zero-order chi connectivity index (χ0) is 25.1. The fourth-order valence-corrected chi connectivity index (χ4v) is 6.36. The lowest BCUT2D eigenvalue weighted by Crippen LogP contribution is -2.59. The maximum Gasteiger partial charge on any atom is 0.329 e. The predicted octanol–water partition coefficient (Wildman–Crippen LogP) is 7.93. The number of anilines is 2. The first-order valence-corrected chi connectivity index (χ1v) is 13.2. The monoisotopic (exact) mass is 481 g/mol. The lowest BCUT2D eigenvalue weighted by atomic mass is 9.43. The third-order valence-electron chi connectivity index (χ3n) is 8.08. The van der Waals surface area contributed by atoms with Crippen LogP contribution in [-0.2, 0) is 0 Å². The van der Waals surface area contributed by atoms with Gasteiger partial charge in [-0.1, -0.05) is 121 Å². The summed E-state index contributed by atoms with van der Waals surface area (Å²) in [6.07, 6.45) is 0. The summed E-state index contributed by atoms with van der Waals surface area (Å²) in [4.78, 5) is 2.56. The zero-order valence-corrected chi connectivity index (χ0v) is 20.9. The number of fused-ring (bicyclic) bond motifs is 11. The summed E-state index contributed by atoms with van der Waals surface area (Å²) in [5.74, 6) is 0. The summed E-state index contributed by atoms with van der Waals surface area (Å²) in [7, 11) is 0. The van der Waals surface area contributed by atoms with Gasteiger partial charge in [-0.3, -0.25) is 0 Å². The fourth-order valence-electron chi connectivity index (χ4n) is 6.36. The molecule has 0 atom stereocenters. The Kier molecular flexibility index (Phi) is 4.68. The molecule has 0 radical (unpaired) electrons. The number of rotatable bonds is 2. The van der Waals surface area contributed by atoms with Gasteiger partial charge in [-0.25, -0.2) is 0 Å². The highest BCUT2D eigenvalue weighted by Gasteiger charge is 2.42. The predicted molar refractivity (Wildman–Crippen MR) is 162 cm³/mol. The second-order valence-electron chi connectivity index (χ2n) is 10.1. The van der Waals surface area contributed by atoms with E-state index in [-0.39, 0.29) is 6.85 Å². The second-order valence-corrected chi connectivity index (χ2v) is 10.1. The molecule has 0 spiro atoms. The molecule has 1 nitrogen and oxygen atoms in total. The number of benzene rings is 6. The van der Waals surface area contributed by atoms with Crippen molar-refractivity contribution in [3.8, 4) is 44.5 Å². The van der Waals surface area contributed by atoms with Crippen molar-refractivity contribution in [2.45, 2.75) is 0 Å². The summed E-state index contributed by atoms with van der Waals surface area (Å²) < 4.78 is 0. The van der Waals surface area contributed by atoms with Crippen molar-refractivity contribution in [3.05, 3.63) is 146 Å². The molecule has 2 aliphatic heterocycles. The third-order valence-corrected chi connectivity index (χ3v) is 8.08. The standard InChI is InChI=1S/C36H24BN/c1-3-11-25(12-4-1)27-19-21-34-31(23-27)30-16-8-10-18-35(30)38-36-22-20-28(26-13-5-2-6-14-26)24-32(36)29-15-7-9-17-33(29)37(34)38/h1-24H. The van der Waals surface area contributed by atoms with Gasteiger partial charge in [0, 0.05) is 22.5 Å². The van der Waals surface area contributed by atoms with Gasteiger partial charge >= 0.3 is 6.85 Å². The molecule has 0 saturated carbocycles. The van der Waals surface area contributed by atoms with E-state index in [4.69, 9.17) is 0 Å². The van der Waals surface area contributed by atoms with Crippen molar-refractivity contribution in [2.75, 3.05) is 4.81 Å². The van der Waals surface area contributed by atoms with Crippen LogP contribution in [0.15, 0.2) is 146 Å². The molecule has 38 heavy (non-hydrogen) atoms. The van der Waals surface area contributed by atoms with Crippen LogP contribution in [0.5, 0.6) is 0 Å². The molecule has 0 unspecified atom stereocenters. The van der Waals surface area contributed by atoms with Gasteiger partial charge in [0.2, 0.25) is 0 Å². The van der Waals surface area contributed by atoms with Gasteiger partial charge in [0.25, 0.3) is 0 Å². The van der Waals surface area contributed by atoms with Gasteiger partial charge in [0.05, 0.1) is 0 Å². The second kappa shape index (κ2) is 8.36. The quantitative estimate of drug-likeness (QED) is 0.227. The first-order chi connectivity index (χ1) is 18.9. The highest BCUT2D eigenvalue weighted by molar-refractivity contribution is 6.92. The summed E-state index contributed by atoms with van der Waals surface area (Å²) in [5.41, 5.74) is 15.4. The minimum atomic E-state index is 0.121. The molecule has 8 rings (SSSR count). The van der Waals surface area contributed by atoms with Crippen LogP contribution in [0.4, 0.5) is 11.4 Å². The van der Waals surface area contributed by atoms with Crippen LogP contribution in [-0.4, -0.2) is 6.85 Å². The Morgan fingerprint density at radius 1 is 0.342 bits per heavy atom. The van der Waals surface area contributed by atoms with E-state index in [1.165, 1.54) is 66.8 Å². The summed E-state index contributed by atoms with van der Waals surface area (Å²) in [5, 5.41) is 0. The van der Waals surface area contributed by atoms with Crippen LogP contribution < -0.4 is 15.7 Å². The SMILES string of the molecule is c1ccc(-c2ccc3c(c2)-c2ccccc2N2B3c3ccccc3-c3cc(-c4ccccc4)ccc32)cc1. The van der Waals surface area contributed by atoms with Gasteiger partial charge in [0.15, 0.2) is 0 Å². The van der Waals surface area contributed by atoms with Crippen molar-refractivity contribution in [1.29, 1.82) is 0 Å². The Hall–Kier alpha value is -4.82. The topological polar surface area (TPSA) is 3.24 Å². The molecule has 6 aromatic carbocycles. The molecule has 0 amide bonds. The number of para-hydroxylation sites is 1. The Balaban J connectivity index is 1.38. The maximum atomic E-state index is 2.56. The van der Waals surface area contributed by atoms with Crippen molar-refractivity contribution in [1.82, 2.24) is 0 Å². The number of nitrogens with zero attached hydrogens (tertiary/aromatic N) is 1. The average molecular weight is 481 g/mol. The smallest absolute Gasteiger partial charge is 0.329 e. The van der Waals surface area contributed by atoms with Crippen molar-refractivity contribution >= 4 is 29.1 Å². The first kappa shape index (κ1) is 21.3. The summed E-state index contributed by atoms with van der Waals surface area (Å²) >= 11 is 0. The Morgan fingerprint density at radius 2 is 0.868 bits per heavy atom.